The van der Waals surface area contributed by atoms with E-state index in [9.17, 15) is 14.4 Å². The summed E-state index contributed by atoms with van der Waals surface area (Å²) < 4.78 is 0. The van der Waals surface area contributed by atoms with Crippen LogP contribution in [0, 0.1) is 5.92 Å². The number of hydrogen-bond acceptors (Lipinski definition) is 4. The minimum absolute atomic E-state index is 0.0142. The predicted molar refractivity (Wildman–Crippen MR) is 104 cm³/mol. The number of hydrogen-bond donors (Lipinski definition) is 1. The molecule has 3 amide bonds. The van der Waals surface area contributed by atoms with E-state index in [1.54, 1.807) is 30.3 Å². The lowest BCUT2D eigenvalue weighted by Crippen LogP contribution is -2.39. The van der Waals surface area contributed by atoms with E-state index in [0.717, 1.165) is 36.6 Å². The van der Waals surface area contributed by atoms with Gasteiger partial charge in [-0.25, -0.2) is 0 Å². The molecule has 136 valence electrons. The second-order valence-corrected chi connectivity index (χ2v) is 7.59. The van der Waals surface area contributed by atoms with Crippen molar-refractivity contribution in [3.05, 3.63) is 51.9 Å². The summed E-state index contributed by atoms with van der Waals surface area (Å²) in [5.41, 5.74) is 0.804. The van der Waals surface area contributed by atoms with Gasteiger partial charge in [-0.3, -0.25) is 19.3 Å². The molecule has 2 aliphatic rings. The van der Waals surface area contributed by atoms with Gasteiger partial charge in [0.25, 0.3) is 11.1 Å². The molecule has 0 spiro atoms. The fourth-order valence-electron chi connectivity index (χ4n) is 2.87. The molecule has 0 aromatic heterocycles. The van der Waals surface area contributed by atoms with Gasteiger partial charge in [0.1, 0.15) is 0 Å². The highest BCUT2D eigenvalue weighted by Gasteiger charge is 2.34. The fraction of sp³-hybridized carbons (Fsp3) is 0.316. The molecule has 0 radical (unpaired) electrons. The standard InChI is InChI=1S/C19H19ClN2O3S/c20-15-8-6-13(7-9-15)12-16-18(24)22(19(25)26-16)11-10-21-17(23)14-4-2-1-3-5-14/h1-2,6-9,12,14H,3-5,10-11H2,(H,21,23)/b16-12-/t14-/m0/s1. The highest BCUT2D eigenvalue weighted by atomic mass is 35.5. The normalized spacial score (nSPS) is 21.5. The molecule has 1 saturated heterocycles. The van der Waals surface area contributed by atoms with E-state index in [4.69, 9.17) is 11.6 Å². The zero-order valence-corrected chi connectivity index (χ0v) is 15.7. The predicted octanol–water partition coefficient (Wildman–Crippen LogP) is 3.85. The van der Waals surface area contributed by atoms with Crippen molar-refractivity contribution in [2.24, 2.45) is 5.92 Å². The van der Waals surface area contributed by atoms with Crippen LogP contribution in [0.5, 0.6) is 0 Å². The summed E-state index contributed by atoms with van der Waals surface area (Å²) in [6, 6.07) is 7.03. The van der Waals surface area contributed by atoms with Crippen molar-refractivity contribution in [2.75, 3.05) is 13.1 Å². The van der Waals surface area contributed by atoms with Gasteiger partial charge in [0.15, 0.2) is 0 Å². The van der Waals surface area contributed by atoms with Crippen molar-refractivity contribution in [2.45, 2.75) is 19.3 Å². The van der Waals surface area contributed by atoms with Gasteiger partial charge in [0.05, 0.1) is 4.91 Å². The van der Waals surface area contributed by atoms with Gasteiger partial charge in [-0.15, -0.1) is 0 Å². The average molecular weight is 391 g/mol. The largest absolute Gasteiger partial charge is 0.354 e. The average Bonchev–Trinajstić information content (AvgIpc) is 2.91. The summed E-state index contributed by atoms with van der Waals surface area (Å²) >= 11 is 6.76. The van der Waals surface area contributed by atoms with Crippen LogP contribution < -0.4 is 5.32 Å². The number of amides is 3. The monoisotopic (exact) mass is 390 g/mol. The van der Waals surface area contributed by atoms with E-state index in [0.29, 0.717) is 9.93 Å². The molecule has 5 nitrogen and oxygen atoms in total. The van der Waals surface area contributed by atoms with Crippen LogP contribution in [0.4, 0.5) is 4.79 Å². The molecule has 26 heavy (non-hydrogen) atoms. The number of halogens is 1. The Labute approximate surface area is 161 Å². The fourth-order valence-corrected chi connectivity index (χ4v) is 3.86. The Hall–Kier alpha value is -2.05. The number of thioether (sulfide) groups is 1. The third kappa shape index (κ3) is 4.56. The Bertz CT molecular complexity index is 773. The Kier molecular flexibility index (Phi) is 6.16. The lowest BCUT2D eigenvalue weighted by atomic mass is 9.94. The maximum absolute atomic E-state index is 12.4. The molecule has 1 heterocycles. The number of benzene rings is 1. The summed E-state index contributed by atoms with van der Waals surface area (Å²) in [7, 11) is 0. The van der Waals surface area contributed by atoms with Gasteiger partial charge in [0.2, 0.25) is 5.91 Å². The van der Waals surface area contributed by atoms with E-state index in [-0.39, 0.29) is 36.1 Å². The molecule has 1 N–H and O–H groups in total. The molecule has 0 bridgehead atoms. The first-order valence-electron chi connectivity index (χ1n) is 8.48. The molecule has 1 aliphatic heterocycles. The van der Waals surface area contributed by atoms with E-state index in [1.165, 1.54) is 4.90 Å². The highest BCUT2D eigenvalue weighted by molar-refractivity contribution is 8.18. The molecule has 1 atom stereocenters. The van der Waals surface area contributed by atoms with Crippen LogP contribution >= 0.6 is 23.4 Å². The Balaban J connectivity index is 1.54. The quantitative estimate of drug-likeness (QED) is 0.612. The zero-order valence-electron chi connectivity index (χ0n) is 14.1. The van der Waals surface area contributed by atoms with Crippen LogP contribution in [-0.2, 0) is 9.59 Å². The van der Waals surface area contributed by atoms with Gasteiger partial charge in [-0.2, -0.15) is 0 Å². The van der Waals surface area contributed by atoms with Crippen LogP contribution in [0.3, 0.4) is 0 Å². The number of nitrogens with one attached hydrogen (secondary N) is 1. The second kappa shape index (κ2) is 8.56. The number of carbonyl (C=O) groups excluding carboxylic acids is 3. The van der Waals surface area contributed by atoms with Gasteiger partial charge in [-0.05, 0) is 54.8 Å². The number of nitrogens with zero attached hydrogens (tertiary/aromatic N) is 1. The van der Waals surface area contributed by atoms with Crippen LogP contribution in [0.1, 0.15) is 24.8 Å². The summed E-state index contributed by atoms with van der Waals surface area (Å²) in [4.78, 5) is 38.2. The minimum Gasteiger partial charge on any atom is -0.354 e. The summed E-state index contributed by atoms with van der Waals surface area (Å²) in [6.07, 6.45) is 8.28. The number of allylic oxidation sites excluding steroid dienone is 2. The molecule has 0 unspecified atom stereocenters. The first-order valence-corrected chi connectivity index (χ1v) is 9.67. The molecule has 1 aromatic carbocycles. The Morgan fingerprint density at radius 1 is 1.27 bits per heavy atom. The third-order valence-corrected chi connectivity index (χ3v) is 5.48. The van der Waals surface area contributed by atoms with Crippen molar-refractivity contribution in [3.63, 3.8) is 0 Å². The van der Waals surface area contributed by atoms with Crippen LogP contribution in [-0.4, -0.2) is 35.0 Å². The molecular formula is C19H19ClN2O3S. The molecule has 7 heteroatoms. The molecule has 1 aliphatic carbocycles. The number of carbonyl (C=O) groups is 3. The van der Waals surface area contributed by atoms with Crippen molar-refractivity contribution >= 4 is 46.5 Å². The minimum atomic E-state index is -0.329. The van der Waals surface area contributed by atoms with E-state index >= 15 is 0 Å². The number of imide groups is 1. The smallest absolute Gasteiger partial charge is 0.293 e. The zero-order chi connectivity index (χ0) is 18.5. The van der Waals surface area contributed by atoms with Gasteiger partial charge in [0, 0.05) is 24.0 Å². The van der Waals surface area contributed by atoms with E-state index < -0.39 is 0 Å². The van der Waals surface area contributed by atoms with Crippen molar-refractivity contribution in [3.8, 4) is 0 Å². The second-order valence-electron chi connectivity index (χ2n) is 6.16. The molecule has 3 rings (SSSR count). The maximum atomic E-state index is 12.4. The molecule has 1 fully saturated rings. The van der Waals surface area contributed by atoms with Crippen molar-refractivity contribution < 1.29 is 14.4 Å². The van der Waals surface area contributed by atoms with Crippen LogP contribution in [0.25, 0.3) is 6.08 Å². The van der Waals surface area contributed by atoms with Crippen LogP contribution in [0.15, 0.2) is 41.3 Å². The Morgan fingerprint density at radius 3 is 2.73 bits per heavy atom. The lowest BCUT2D eigenvalue weighted by Gasteiger charge is -2.18. The van der Waals surface area contributed by atoms with Gasteiger partial charge < -0.3 is 5.32 Å². The van der Waals surface area contributed by atoms with E-state index in [2.05, 4.69) is 11.4 Å². The van der Waals surface area contributed by atoms with Crippen molar-refractivity contribution in [1.29, 1.82) is 0 Å². The third-order valence-electron chi connectivity index (χ3n) is 4.32. The van der Waals surface area contributed by atoms with Gasteiger partial charge >= 0.3 is 0 Å². The van der Waals surface area contributed by atoms with E-state index in [1.807, 2.05) is 6.08 Å². The Morgan fingerprint density at radius 2 is 2.04 bits per heavy atom. The number of rotatable bonds is 5. The summed E-state index contributed by atoms with van der Waals surface area (Å²) in [5, 5.41) is 3.12. The van der Waals surface area contributed by atoms with Gasteiger partial charge in [-0.1, -0.05) is 35.9 Å². The highest BCUT2D eigenvalue weighted by Crippen LogP contribution is 2.32. The SMILES string of the molecule is O=C(NCCN1C(=O)S/C(=C\c2ccc(Cl)cc2)C1=O)[C@H]1CC=CCC1. The molecular weight excluding hydrogens is 372 g/mol. The first kappa shape index (κ1) is 18.7. The maximum Gasteiger partial charge on any atom is 0.293 e. The summed E-state index contributed by atoms with van der Waals surface area (Å²) in [6.45, 7) is 0.447. The summed E-state index contributed by atoms with van der Waals surface area (Å²) in [5.74, 6) is -0.359. The molecule has 0 saturated carbocycles. The van der Waals surface area contributed by atoms with Crippen LogP contribution in [0.2, 0.25) is 5.02 Å². The lowest BCUT2D eigenvalue weighted by molar-refractivity contribution is -0.126. The first-order chi connectivity index (χ1) is 12.5. The molecule has 1 aromatic rings. The topological polar surface area (TPSA) is 66.5 Å². The van der Waals surface area contributed by atoms with Crippen molar-refractivity contribution in [1.82, 2.24) is 10.2 Å².